The van der Waals surface area contributed by atoms with Gasteiger partial charge in [-0.25, -0.2) is 9.59 Å². The highest BCUT2D eigenvalue weighted by Gasteiger charge is 2.24. The molecule has 156 valence electrons. The summed E-state index contributed by atoms with van der Waals surface area (Å²) in [5.74, 6) is -0.970. The maximum atomic E-state index is 12.1. The van der Waals surface area contributed by atoms with Crippen molar-refractivity contribution in [3.8, 4) is 0 Å². The highest BCUT2D eigenvalue weighted by Crippen LogP contribution is 2.23. The van der Waals surface area contributed by atoms with Gasteiger partial charge in [-0.2, -0.15) is 0 Å². The molecule has 1 aromatic heterocycles. The van der Waals surface area contributed by atoms with Gasteiger partial charge in [-0.05, 0) is 30.4 Å². The van der Waals surface area contributed by atoms with Crippen molar-refractivity contribution in [2.24, 2.45) is 5.92 Å². The van der Waals surface area contributed by atoms with Crippen molar-refractivity contribution < 1.29 is 19.5 Å². The predicted octanol–water partition coefficient (Wildman–Crippen LogP) is 2.16. The van der Waals surface area contributed by atoms with Gasteiger partial charge in [-0.3, -0.25) is 4.79 Å². The number of hydrogen-bond acceptors (Lipinski definition) is 3. The zero-order valence-corrected chi connectivity index (χ0v) is 16.5. The fourth-order valence-corrected chi connectivity index (χ4v) is 3.88. The molecule has 0 aliphatic heterocycles. The molecule has 1 aliphatic carbocycles. The van der Waals surface area contributed by atoms with Crippen molar-refractivity contribution in [2.75, 3.05) is 6.54 Å². The molecule has 3 amide bonds. The van der Waals surface area contributed by atoms with Gasteiger partial charge in [0, 0.05) is 29.6 Å². The Morgan fingerprint density at radius 1 is 1.21 bits per heavy atom. The number of carboxylic acids is 1. The number of aromatic nitrogens is 1. The Morgan fingerprint density at radius 2 is 1.97 bits per heavy atom. The van der Waals surface area contributed by atoms with Gasteiger partial charge >= 0.3 is 12.0 Å². The van der Waals surface area contributed by atoms with Crippen LogP contribution in [-0.4, -0.2) is 46.6 Å². The number of rotatable bonds is 7. The van der Waals surface area contributed by atoms with Crippen molar-refractivity contribution in [1.82, 2.24) is 20.9 Å². The molecule has 1 heterocycles. The summed E-state index contributed by atoms with van der Waals surface area (Å²) in [5, 5.41) is 18.3. The molecule has 0 unspecified atom stereocenters. The summed E-state index contributed by atoms with van der Waals surface area (Å²) >= 11 is 0. The lowest BCUT2D eigenvalue weighted by molar-refractivity contribution is -0.139. The maximum absolute atomic E-state index is 12.1. The smallest absolute Gasteiger partial charge is 0.326 e. The lowest BCUT2D eigenvalue weighted by atomic mass is 9.86. The molecule has 8 heteroatoms. The van der Waals surface area contributed by atoms with Crippen LogP contribution in [0.4, 0.5) is 4.79 Å². The summed E-state index contributed by atoms with van der Waals surface area (Å²) in [6, 6.07) is 5.93. The van der Waals surface area contributed by atoms with Crippen LogP contribution in [-0.2, 0) is 16.0 Å². The molecule has 0 saturated heterocycles. The maximum Gasteiger partial charge on any atom is 0.326 e. The number of para-hydroxylation sites is 1. The SMILES string of the molecule is C[C@@H]1CCCC[C@@H]1NC(=O)CNC(=O)N[C@H](Cc1c[nH]c2ccccc12)C(=O)O. The van der Waals surface area contributed by atoms with Gasteiger partial charge < -0.3 is 26.0 Å². The van der Waals surface area contributed by atoms with E-state index in [-0.39, 0.29) is 24.9 Å². The molecular formula is C21H28N4O4. The molecule has 1 fully saturated rings. The number of urea groups is 1. The Kier molecular flexibility index (Phi) is 6.74. The molecule has 8 nitrogen and oxygen atoms in total. The average molecular weight is 400 g/mol. The molecule has 1 aromatic carbocycles. The molecular weight excluding hydrogens is 372 g/mol. The van der Waals surface area contributed by atoms with Crippen LogP contribution in [0.2, 0.25) is 0 Å². The molecule has 3 atom stereocenters. The number of carbonyl (C=O) groups is 3. The number of fused-ring (bicyclic) bond motifs is 1. The third-order valence-corrected chi connectivity index (χ3v) is 5.57. The summed E-state index contributed by atoms with van der Waals surface area (Å²) in [6.07, 6.45) is 6.20. The Hall–Kier alpha value is -3.03. The molecule has 1 aliphatic rings. The average Bonchev–Trinajstić information content (AvgIpc) is 3.10. The first kappa shape index (κ1) is 20.7. The minimum absolute atomic E-state index is 0.134. The van der Waals surface area contributed by atoms with E-state index in [1.807, 2.05) is 24.3 Å². The lowest BCUT2D eigenvalue weighted by Gasteiger charge is -2.29. The van der Waals surface area contributed by atoms with Crippen molar-refractivity contribution in [3.05, 3.63) is 36.0 Å². The van der Waals surface area contributed by atoms with Gasteiger partial charge in [0.25, 0.3) is 0 Å². The number of hydrogen-bond donors (Lipinski definition) is 5. The van der Waals surface area contributed by atoms with Crippen molar-refractivity contribution >= 4 is 28.8 Å². The monoisotopic (exact) mass is 400 g/mol. The van der Waals surface area contributed by atoms with Crippen LogP contribution < -0.4 is 16.0 Å². The summed E-state index contributed by atoms with van der Waals surface area (Å²) < 4.78 is 0. The van der Waals surface area contributed by atoms with Gasteiger partial charge in [0.1, 0.15) is 6.04 Å². The van der Waals surface area contributed by atoms with Crippen LogP contribution in [0, 0.1) is 5.92 Å². The van der Waals surface area contributed by atoms with E-state index < -0.39 is 18.0 Å². The number of nitrogens with one attached hydrogen (secondary N) is 4. The van der Waals surface area contributed by atoms with Gasteiger partial charge in [-0.1, -0.05) is 38.0 Å². The lowest BCUT2D eigenvalue weighted by Crippen LogP contribution is -2.50. The summed E-state index contributed by atoms with van der Waals surface area (Å²) in [4.78, 5) is 38.9. The van der Waals surface area contributed by atoms with Gasteiger partial charge in [0.2, 0.25) is 5.91 Å². The van der Waals surface area contributed by atoms with E-state index in [9.17, 15) is 19.5 Å². The number of carbonyl (C=O) groups excluding carboxylic acids is 2. The molecule has 29 heavy (non-hydrogen) atoms. The molecule has 2 aromatic rings. The normalized spacial score (nSPS) is 20.0. The first-order chi connectivity index (χ1) is 13.9. The molecule has 3 rings (SSSR count). The third-order valence-electron chi connectivity index (χ3n) is 5.57. The first-order valence-electron chi connectivity index (χ1n) is 10.1. The van der Waals surface area contributed by atoms with Gasteiger partial charge in [0.05, 0.1) is 6.54 Å². The summed E-state index contributed by atoms with van der Waals surface area (Å²) in [5.41, 5.74) is 1.71. The van der Waals surface area contributed by atoms with Crippen LogP contribution in [0.15, 0.2) is 30.5 Å². The van der Waals surface area contributed by atoms with Crippen LogP contribution in [0.1, 0.15) is 38.2 Å². The highest BCUT2D eigenvalue weighted by molar-refractivity contribution is 5.88. The van der Waals surface area contributed by atoms with Crippen molar-refractivity contribution in [3.63, 3.8) is 0 Å². The molecule has 0 radical (unpaired) electrons. The quantitative estimate of drug-likeness (QED) is 0.489. The van der Waals surface area contributed by atoms with E-state index in [2.05, 4.69) is 27.9 Å². The largest absolute Gasteiger partial charge is 0.480 e. The zero-order chi connectivity index (χ0) is 20.8. The van der Waals surface area contributed by atoms with E-state index in [1.165, 1.54) is 6.42 Å². The minimum Gasteiger partial charge on any atom is -0.480 e. The summed E-state index contributed by atoms with van der Waals surface area (Å²) in [7, 11) is 0. The Bertz CT molecular complexity index is 878. The van der Waals surface area contributed by atoms with E-state index in [0.29, 0.717) is 5.92 Å². The number of amides is 3. The van der Waals surface area contributed by atoms with Crippen molar-refractivity contribution in [1.29, 1.82) is 0 Å². The van der Waals surface area contributed by atoms with Crippen molar-refractivity contribution in [2.45, 2.75) is 51.1 Å². The van der Waals surface area contributed by atoms with Crippen LogP contribution >= 0.6 is 0 Å². The fraction of sp³-hybridized carbons (Fsp3) is 0.476. The molecule has 0 bridgehead atoms. The molecule has 5 N–H and O–H groups in total. The third kappa shape index (κ3) is 5.49. The van der Waals surface area contributed by atoms with E-state index >= 15 is 0 Å². The number of H-pyrrole nitrogens is 1. The second-order valence-corrected chi connectivity index (χ2v) is 7.72. The second kappa shape index (κ2) is 9.45. The molecule has 0 spiro atoms. The number of aliphatic carboxylic acids is 1. The van der Waals surface area contributed by atoms with Crippen LogP contribution in [0.25, 0.3) is 10.9 Å². The zero-order valence-electron chi connectivity index (χ0n) is 16.5. The number of carboxylic acid groups (broad SMARTS) is 1. The van der Waals surface area contributed by atoms with E-state index in [4.69, 9.17) is 0 Å². The topological polar surface area (TPSA) is 123 Å². The summed E-state index contributed by atoms with van der Waals surface area (Å²) in [6.45, 7) is 1.93. The van der Waals surface area contributed by atoms with Crippen LogP contribution in [0.5, 0.6) is 0 Å². The van der Waals surface area contributed by atoms with E-state index in [1.54, 1.807) is 6.20 Å². The first-order valence-corrected chi connectivity index (χ1v) is 10.1. The predicted molar refractivity (Wildman–Crippen MR) is 110 cm³/mol. The standard InChI is InChI=1S/C21H28N4O4/c1-13-6-2-4-8-16(13)24-19(26)12-23-21(29)25-18(20(27)28)10-14-11-22-17-9-5-3-7-15(14)17/h3,5,7,9,11,13,16,18,22H,2,4,6,8,10,12H2,1H3,(H,24,26)(H,27,28)(H2,23,25,29)/t13-,16+,18-/m1/s1. The Labute approximate surface area is 169 Å². The van der Waals surface area contributed by atoms with Crippen LogP contribution in [0.3, 0.4) is 0 Å². The van der Waals surface area contributed by atoms with Gasteiger partial charge in [-0.15, -0.1) is 0 Å². The minimum atomic E-state index is -1.13. The second-order valence-electron chi connectivity index (χ2n) is 7.72. The number of benzene rings is 1. The molecule has 1 saturated carbocycles. The highest BCUT2D eigenvalue weighted by atomic mass is 16.4. The Balaban J connectivity index is 1.50. The van der Waals surface area contributed by atoms with E-state index in [0.717, 1.165) is 35.7 Å². The fourth-order valence-electron chi connectivity index (χ4n) is 3.88. The Morgan fingerprint density at radius 3 is 2.72 bits per heavy atom. The van der Waals surface area contributed by atoms with Gasteiger partial charge in [0.15, 0.2) is 0 Å². The number of aromatic amines is 1.